The third-order valence-corrected chi connectivity index (χ3v) is 2.62. The summed E-state index contributed by atoms with van der Waals surface area (Å²) in [5.74, 6) is 0.593. The van der Waals surface area contributed by atoms with Crippen LogP contribution in [0.3, 0.4) is 0 Å². The lowest BCUT2D eigenvalue weighted by atomic mass is 10.2. The number of halogens is 2. The van der Waals surface area contributed by atoms with Crippen LogP contribution in [0.5, 0.6) is 5.75 Å². The summed E-state index contributed by atoms with van der Waals surface area (Å²) in [4.78, 5) is 0. The lowest BCUT2D eigenvalue weighted by molar-refractivity contribution is 0.161. The van der Waals surface area contributed by atoms with Gasteiger partial charge in [-0.25, -0.2) is 5.48 Å². The quantitative estimate of drug-likeness (QED) is 0.826. The van der Waals surface area contributed by atoms with Gasteiger partial charge in [0.1, 0.15) is 5.75 Å². The second-order valence-electron chi connectivity index (χ2n) is 2.41. The van der Waals surface area contributed by atoms with E-state index in [4.69, 9.17) is 21.5 Å². The summed E-state index contributed by atoms with van der Waals surface area (Å²) in [6.07, 6.45) is 0. The van der Waals surface area contributed by atoms with Crippen molar-refractivity contribution in [2.75, 3.05) is 7.11 Å². The minimum atomic E-state index is 0.341. The fourth-order valence-corrected chi connectivity index (χ4v) is 1.80. The van der Waals surface area contributed by atoms with Crippen LogP contribution < -0.4 is 10.2 Å². The van der Waals surface area contributed by atoms with Crippen LogP contribution in [0.4, 0.5) is 0 Å². The first-order valence-corrected chi connectivity index (χ1v) is 4.75. The Balaban J connectivity index is 3.06. The predicted molar refractivity (Wildman–Crippen MR) is 54.3 cm³/mol. The topological polar surface area (TPSA) is 41.5 Å². The largest absolute Gasteiger partial charge is 0.495 e. The molecular weight excluding hydrogens is 257 g/mol. The third-order valence-electron chi connectivity index (χ3n) is 1.59. The minimum Gasteiger partial charge on any atom is -0.495 e. The lowest BCUT2D eigenvalue weighted by Gasteiger charge is -2.08. The van der Waals surface area contributed by atoms with Crippen LogP contribution in [0.2, 0.25) is 5.02 Å². The Morgan fingerprint density at radius 1 is 1.62 bits per heavy atom. The molecule has 0 unspecified atom stereocenters. The van der Waals surface area contributed by atoms with Gasteiger partial charge in [0.05, 0.1) is 12.1 Å². The molecule has 2 N–H and O–H groups in total. The Morgan fingerprint density at radius 3 is 2.85 bits per heavy atom. The van der Waals surface area contributed by atoms with Crippen LogP contribution in [0.15, 0.2) is 16.6 Å². The SMILES string of the molecule is COc1cc(CNO)c(Br)cc1Cl. The molecule has 0 saturated heterocycles. The molecule has 0 aromatic heterocycles. The van der Waals surface area contributed by atoms with Crippen LogP contribution in [-0.2, 0) is 6.54 Å². The van der Waals surface area contributed by atoms with E-state index in [-0.39, 0.29) is 0 Å². The number of methoxy groups -OCH3 is 1. The molecule has 13 heavy (non-hydrogen) atoms. The van der Waals surface area contributed by atoms with Gasteiger partial charge in [-0.1, -0.05) is 27.5 Å². The van der Waals surface area contributed by atoms with E-state index in [0.717, 1.165) is 10.0 Å². The molecule has 0 radical (unpaired) electrons. The average molecular weight is 267 g/mol. The molecule has 0 aliphatic carbocycles. The van der Waals surface area contributed by atoms with Crippen molar-refractivity contribution in [3.63, 3.8) is 0 Å². The molecular formula is C8H9BrClNO2. The van der Waals surface area contributed by atoms with E-state index in [1.54, 1.807) is 19.2 Å². The summed E-state index contributed by atoms with van der Waals surface area (Å²) in [6.45, 7) is 0.341. The average Bonchev–Trinajstić information content (AvgIpc) is 2.10. The Bertz CT molecular complexity index is 306. The summed E-state index contributed by atoms with van der Waals surface area (Å²) < 4.78 is 5.86. The minimum absolute atomic E-state index is 0.341. The van der Waals surface area contributed by atoms with Crippen molar-refractivity contribution in [3.8, 4) is 5.75 Å². The van der Waals surface area contributed by atoms with Crippen molar-refractivity contribution in [1.82, 2.24) is 5.48 Å². The number of hydrogen-bond acceptors (Lipinski definition) is 3. The highest BCUT2D eigenvalue weighted by molar-refractivity contribution is 9.10. The van der Waals surface area contributed by atoms with Gasteiger partial charge in [-0.2, -0.15) is 0 Å². The molecule has 72 valence electrons. The van der Waals surface area contributed by atoms with Gasteiger partial charge in [-0.15, -0.1) is 0 Å². The van der Waals surface area contributed by atoms with Gasteiger partial charge in [0.25, 0.3) is 0 Å². The molecule has 1 aromatic rings. The summed E-state index contributed by atoms with van der Waals surface area (Å²) in [5.41, 5.74) is 2.95. The second kappa shape index (κ2) is 4.81. The van der Waals surface area contributed by atoms with E-state index in [1.807, 2.05) is 0 Å². The zero-order valence-electron chi connectivity index (χ0n) is 6.97. The van der Waals surface area contributed by atoms with Crippen LogP contribution in [-0.4, -0.2) is 12.3 Å². The maximum Gasteiger partial charge on any atom is 0.137 e. The fourth-order valence-electron chi connectivity index (χ4n) is 0.948. The number of rotatable bonds is 3. The maximum atomic E-state index is 8.53. The first-order chi connectivity index (χ1) is 6.19. The number of benzene rings is 1. The molecule has 0 heterocycles. The highest BCUT2D eigenvalue weighted by Gasteiger charge is 2.06. The Labute approximate surface area is 89.7 Å². The summed E-state index contributed by atoms with van der Waals surface area (Å²) in [6, 6.07) is 3.49. The van der Waals surface area contributed by atoms with Crippen molar-refractivity contribution < 1.29 is 9.94 Å². The highest BCUT2D eigenvalue weighted by Crippen LogP contribution is 2.30. The number of hydroxylamine groups is 1. The van der Waals surface area contributed by atoms with E-state index in [2.05, 4.69) is 21.4 Å². The predicted octanol–water partition coefficient (Wildman–Crippen LogP) is 2.59. The molecule has 0 bridgehead atoms. The summed E-state index contributed by atoms with van der Waals surface area (Å²) in [7, 11) is 1.55. The number of nitrogens with one attached hydrogen (secondary N) is 1. The standard InChI is InChI=1S/C8H9BrClNO2/c1-13-8-2-5(4-11-12)6(9)3-7(8)10/h2-3,11-12H,4H2,1H3. The normalized spacial score (nSPS) is 10.2. The molecule has 0 atom stereocenters. The highest BCUT2D eigenvalue weighted by atomic mass is 79.9. The summed E-state index contributed by atoms with van der Waals surface area (Å²) >= 11 is 9.18. The van der Waals surface area contributed by atoms with Gasteiger partial charge >= 0.3 is 0 Å². The number of ether oxygens (including phenoxy) is 1. The van der Waals surface area contributed by atoms with Crippen molar-refractivity contribution in [3.05, 3.63) is 27.2 Å². The maximum absolute atomic E-state index is 8.53. The monoisotopic (exact) mass is 265 g/mol. The molecule has 1 aromatic carbocycles. The first-order valence-electron chi connectivity index (χ1n) is 3.58. The number of hydrogen-bond donors (Lipinski definition) is 2. The lowest BCUT2D eigenvalue weighted by Crippen LogP contribution is -2.06. The third kappa shape index (κ3) is 2.57. The van der Waals surface area contributed by atoms with Crippen LogP contribution >= 0.6 is 27.5 Å². The van der Waals surface area contributed by atoms with E-state index >= 15 is 0 Å². The van der Waals surface area contributed by atoms with Gasteiger partial charge < -0.3 is 9.94 Å². The van der Waals surface area contributed by atoms with Crippen molar-refractivity contribution in [2.45, 2.75) is 6.54 Å². The summed E-state index contributed by atoms with van der Waals surface area (Å²) in [5, 5.41) is 9.07. The molecule has 0 amide bonds. The van der Waals surface area contributed by atoms with Crippen LogP contribution in [0, 0.1) is 0 Å². The molecule has 5 heteroatoms. The van der Waals surface area contributed by atoms with Gasteiger partial charge in [-0.05, 0) is 17.7 Å². The Morgan fingerprint density at radius 2 is 2.31 bits per heavy atom. The molecule has 0 saturated carbocycles. The smallest absolute Gasteiger partial charge is 0.137 e. The van der Waals surface area contributed by atoms with E-state index in [0.29, 0.717) is 17.3 Å². The van der Waals surface area contributed by atoms with Gasteiger partial charge in [0.2, 0.25) is 0 Å². The van der Waals surface area contributed by atoms with Gasteiger partial charge in [-0.3, -0.25) is 0 Å². The zero-order valence-corrected chi connectivity index (χ0v) is 9.32. The molecule has 0 spiro atoms. The van der Waals surface area contributed by atoms with Crippen LogP contribution in [0.1, 0.15) is 5.56 Å². The van der Waals surface area contributed by atoms with Crippen molar-refractivity contribution in [2.24, 2.45) is 0 Å². The van der Waals surface area contributed by atoms with E-state index in [9.17, 15) is 0 Å². The molecule has 0 fully saturated rings. The van der Waals surface area contributed by atoms with E-state index in [1.165, 1.54) is 0 Å². The first kappa shape index (κ1) is 10.8. The van der Waals surface area contributed by atoms with Crippen molar-refractivity contribution >= 4 is 27.5 Å². The molecule has 3 nitrogen and oxygen atoms in total. The zero-order chi connectivity index (χ0) is 9.84. The van der Waals surface area contributed by atoms with Crippen molar-refractivity contribution in [1.29, 1.82) is 0 Å². The second-order valence-corrected chi connectivity index (χ2v) is 3.67. The van der Waals surface area contributed by atoms with Gasteiger partial charge in [0, 0.05) is 11.0 Å². The van der Waals surface area contributed by atoms with E-state index < -0.39 is 0 Å². The molecule has 0 aliphatic heterocycles. The fraction of sp³-hybridized carbons (Fsp3) is 0.250. The molecule has 1 rings (SSSR count). The Kier molecular flexibility index (Phi) is 3.99. The van der Waals surface area contributed by atoms with Crippen LogP contribution in [0.25, 0.3) is 0 Å². The molecule has 0 aliphatic rings. The Hall–Kier alpha value is -0.290. The van der Waals surface area contributed by atoms with Gasteiger partial charge in [0.15, 0.2) is 0 Å².